The number of Topliss-reactive ketones (excluding diaryl/α,β-unsaturated/α-hetero) is 1. The molecule has 1 aromatic carbocycles. The van der Waals surface area contributed by atoms with Gasteiger partial charge in [-0.3, -0.25) is 23.9 Å². The van der Waals surface area contributed by atoms with Gasteiger partial charge in [0.1, 0.15) is 11.4 Å². The van der Waals surface area contributed by atoms with Crippen molar-refractivity contribution in [1.82, 2.24) is 14.6 Å². The predicted octanol–water partition coefficient (Wildman–Crippen LogP) is 7.22. The monoisotopic (exact) mass is 851 g/mol. The second-order valence-corrected chi connectivity index (χ2v) is 20.2. The zero-order valence-electron chi connectivity index (χ0n) is 33.6. The number of nitrogens with one attached hydrogen (secondary N) is 1. The fraction of sp³-hybridized carbons (Fsp3) is 0.643. The summed E-state index contributed by atoms with van der Waals surface area (Å²) in [6.07, 6.45) is 0.422. The lowest BCUT2D eigenvalue weighted by molar-refractivity contribution is -0.336. The molecular weight excluding hydrogens is 802 g/mol. The first-order valence-corrected chi connectivity index (χ1v) is 21.7. The van der Waals surface area contributed by atoms with Crippen LogP contribution >= 0.6 is 0 Å². The van der Waals surface area contributed by atoms with Crippen molar-refractivity contribution in [3.63, 3.8) is 0 Å². The number of alkyl halides is 5. The highest BCUT2D eigenvalue weighted by Crippen LogP contribution is 2.58. The van der Waals surface area contributed by atoms with E-state index in [1.165, 1.54) is 4.90 Å². The molecule has 11 nitrogen and oxygen atoms in total. The maximum absolute atomic E-state index is 14.8. The molecule has 1 N–H and O–H groups in total. The third-order valence-corrected chi connectivity index (χ3v) is 15.4. The molecule has 5 aliphatic rings. The molecule has 1 saturated heterocycles. The van der Waals surface area contributed by atoms with Crippen molar-refractivity contribution in [3.05, 3.63) is 47.7 Å². The van der Waals surface area contributed by atoms with Gasteiger partial charge in [0.15, 0.2) is 11.4 Å². The number of amides is 2. The summed E-state index contributed by atoms with van der Waals surface area (Å²) in [4.78, 5) is 62.8. The SMILES string of the molecule is Cc1nc2ccccc2c2c1O[C@]1(CC2)C[C@H]2C(=O)C[C@]3(C(=O)NS(=O)(=O)C4(C)CC4)C[C@H]3/C=C\CCCCC[C@H](CC(=O)OC(C)(C)C(F)(F)C(F)(F)F)C(=O)N2C1. The summed E-state index contributed by atoms with van der Waals surface area (Å²) < 4.78 is 108. The van der Waals surface area contributed by atoms with E-state index in [1.807, 2.05) is 36.4 Å². The molecule has 0 unspecified atom stereocenters. The number of benzene rings is 1. The van der Waals surface area contributed by atoms with Crippen molar-refractivity contribution in [3.8, 4) is 5.75 Å². The lowest BCUT2D eigenvalue weighted by atomic mass is 9.85. The number of ether oxygens (including phenoxy) is 2. The number of fused-ring (bicyclic) bond motifs is 5. The molecule has 2 saturated carbocycles. The van der Waals surface area contributed by atoms with E-state index >= 15 is 0 Å². The highest BCUT2D eigenvalue weighted by molar-refractivity contribution is 7.91. The van der Waals surface area contributed by atoms with Gasteiger partial charge in [0.05, 0.1) is 40.4 Å². The Morgan fingerprint density at radius 1 is 1.03 bits per heavy atom. The van der Waals surface area contributed by atoms with Gasteiger partial charge in [-0.05, 0) is 91.0 Å². The number of rotatable bonds is 7. The van der Waals surface area contributed by atoms with Crippen molar-refractivity contribution in [2.75, 3.05) is 6.54 Å². The van der Waals surface area contributed by atoms with E-state index in [2.05, 4.69) is 4.72 Å². The van der Waals surface area contributed by atoms with Crippen molar-refractivity contribution in [1.29, 1.82) is 0 Å². The molecule has 322 valence electrons. The van der Waals surface area contributed by atoms with Crippen LogP contribution in [0.1, 0.15) is 109 Å². The lowest BCUT2D eigenvalue weighted by Gasteiger charge is -2.37. The Kier molecular flexibility index (Phi) is 10.8. The van der Waals surface area contributed by atoms with Crippen LogP contribution in [0.3, 0.4) is 0 Å². The van der Waals surface area contributed by atoms with Crippen LogP contribution in [0.15, 0.2) is 36.4 Å². The van der Waals surface area contributed by atoms with Gasteiger partial charge in [-0.1, -0.05) is 43.2 Å². The minimum absolute atomic E-state index is 0.0140. The predicted molar refractivity (Wildman–Crippen MR) is 205 cm³/mol. The third-order valence-electron chi connectivity index (χ3n) is 13.3. The maximum Gasteiger partial charge on any atom is 0.457 e. The van der Waals surface area contributed by atoms with E-state index < -0.39 is 97.8 Å². The molecule has 3 aliphatic heterocycles. The molecule has 0 radical (unpaired) electrons. The fourth-order valence-corrected chi connectivity index (χ4v) is 10.4. The molecule has 2 amide bonds. The summed E-state index contributed by atoms with van der Waals surface area (Å²) in [5.74, 6) is -10.1. The molecule has 1 spiro atoms. The first kappa shape index (κ1) is 43.0. The van der Waals surface area contributed by atoms with Gasteiger partial charge in [0.2, 0.25) is 21.8 Å². The number of halogens is 5. The minimum Gasteiger partial charge on any atom is -0.483 e. The molecular formula is C42H50F5N3O8S. The molecule has 5 atom stereocenters. The molecule has 3 fully saturated rings. The average molecular weight is 852 g/mol. The maximum atomic E-state index is 14.8. The Morgan fingerprint density at radius 3 is 2.44 bits per heavy atom. The van der Waals surface area contributed by atoms with E-state index in [4.69, 9.17) is 14.5 Å². The number of hydrogen-bond donors (Lipinski definition) is 1. The van der Waals surface area contributed by atoms with Crippen LogP contribution in [0.25, 0.3) is 10.9 Å². The molecule has 0 bridgehead atoms. The van der Waals surface area contributed by atoms with E-state index in [-0.39, 0.29) is 25.8 Å². The Hall–Kier alpha value is -4.15. The lowest BCUT2D eigenvalue weighted by Crippen LogP contribution is -2.56. The molecule has 4 heterocycles. The number of sulfonamides is 1. The van der Waals surface area contributed by atoms with Crippen molar-refractivity contribution < 1.29 is 59.0 Å². The number of para-hydroxylation sites is 1. The number of allylic oxidation sites excluding steroid dienone is 2. The summed E-state index contributed by atoms with van der Waals surface area (Å²) in [5.41, 5.74) is -3.57. The molecule has 17 heteroatoms. The van der Waals surface area contributed by atoms with Gasteiger partial charge in [0, 0.05) is 29.7 Å². The van der Waals surface area contributed by atoms with Gasteiger partial charge in [0.25, 0.3) is 0 Å². The van der Waals surface area contributed by atoms with Crippen LogP contribution in [0.2, 0.25) is 0 Å². The Morgan fingerprint density at radius 2 is 1.75 bits per heavy atom. The van der Waals surface area contributed by atoms with Crippen LogP contribution < -0.4 is 9.46 Å². The molecule has 7 rings (SSSR count). The van der Waals surface area contributed by atoms with Gasteiger partial charge in [-0.25, -0.2) is 13.4 Å². The minimum atomic E-state index is -6.02. The topological polar surface area (TPSA) is 149 Å². The summed E-state index contributed by atoms with van der Waals surface area (Å²) in [6.45, 7) is 4.11. The number of pyridine rings is 1. The summed E-state index contributed by atoms with van der Waals surface area (Å²) in [5, 5.41) is 0.886. The molecule has 59 heavy (non-hydrogen) atoms. The average Bonchev–Trinajstić information content (AvgIpc) is 4.04. The first-order valence-electron chi connectivity index (χ1n) is 20.3. The summed E-state index contributed by atoms with van der Waals surface area (Å²) >= 11 is 0. The molecule has 2 aromatic rings. The zero-order chi connectivity index (χ0) is 43.0. The number of hydrogen-bond acceptors (Lipinski definition) is 9. The van der Waals surface area contributed by atoms with Crippen LogP contribution in [0.4, 0.5) is 22.0 Å². The highest BCUT2D eigenvalue weighted by atomic mass is 32.2. The summed E-state index contributed by atoms with van der Waals surface area (Å²) in [7, 11) is -4.05. The highest BCUT2D eigenvalue weighted by Gasteiger charge is 2.69. The fourth-order valence-electron chi connectivity index (χ4n) is 9.05. The first-order chi connectivity index (χ1) is 27.4. The van der Waals surface area contributed by atoms with Gasteiger partial charge < -0.3 is 14.4 Å². The van der Waals surface area contributed by atoms with Crippen molar-refractivity contribution in [2.24, 2.45) is 17.3 Å². The second kappa shape index (κ2) is 14.8. The van der Waals surface area contributed by atoms with Crippen molar-refractivity contribution in [2.45, 2.75) is 145 Å². The van der Waals surface area contributed by atoms with Gasteiger partial charge in [-0.15, -0.1) is 0 Å². The van der Waals surface area contributed by atoms with Crippen LogP contribution in [-0.4, -0.2) is 82.5 Å². The van der Waals surface area contributed by atoms with Crippen LogP contribution in [0.5, 0.6) is 5.75 Å². The van der Waals surface area contributed by atoms with Gasteiger partial charge in [-0.2, -0.15) is 22.0 Å². The Bertz CT molecular complexity index is 2210. The Labute approximate surface area is 339 Å². The summed E-state index contributed by atoms with van der Waals surface area (Å²) in [6, 6.07) is 6.36. The second-order valence-electron chi connectivity index (χ2n) is 18.0. The van der Waals surface area contributed by atoms with E-state index in [1.54, 1.807) is 13.8 Å². The van der Waals surface area contributed by atoms with Crippen LogP contribution in [0, 0.1) is 24.2 Å². The number of aryl methyl sites for hydroxylation is 2. The number of carbonyl (C=O) groups excluding carboxylic acids is 4. The largest absolute Gasteiger partial charge is 0.483 e. The van der Waals surface area contributed by atoms with E-state index in [0.29, 0.717) is 76.7 Å². The van der Waals surface area contributed by atoms with Crippen molar-refractivity contribution >= 4 is 44.5 Å². The number of aromatic nitrogens is 1. The Balaban J connectivity index is 1.22. The number of ketones is 1. The molecule has 2 aliphatic carbocycles. The molecule has 1 aromatic heterocycles. The number of esters is 1. The quantitative estimate of drug-likeness (QED) is 0.173. The van der Waals surface area contributed by atoms with E-state index in [9.17, 15) is 49.5 Å². The normalized spacial score (nSPS) is 29.3. The standard InChI is InChI=1S/C42H50F5N3O8S/c1-25-34-29(28-14-10-11-15-30(28)48-25)16-17-39(58-34)22-31-32(51)23-40(36(54)49-59(55,56)38(4)18-19-38)21-27(40)13-9-7-5-6-8-12-26(35(53)50(31)24-39)20-33(52)57-37(2,3)41(43,44)42(45,46)47/h9-11,13-15,26-27,31H,5-8,12,16-24H2,1-4H3,(H,49,54)/b13-9-/t26-,27-,31+,39-,40-/m1/s1. The van der Waals surface area contributed by atoms with E-state index in [0.717, 1.165) is 16.5 Å². The van der Waals surface area contributed by atoms with Crippen LogP contribution in [-0.2, 0) is 40.4 Å². The smallest absolute Gasteiger partial charge is 0.457 e. The third kappa shape index (κ3) is 7.84. The number of carbonyl (C=O) groups is 4. The van der Waals surface area contributed by atoms with Gasteiger partial charge >= 0.3 is 18.1 Å². The zero-order valence-corrected chi connectivity index (χ0v) is 34.4. The number of nitrogens with zero attached hydrogens (tertiary/aromatic N) is 2.